The van der Waals surface area contributed by atoms with Gasteiger partial charge in [0.2, 0.25) is 6.29 Å². The van der Waals surface area contributed by atoms with Crippen LogP contribution in [0.4, 0.5) is 4.39 Å². The maximum atomic E-state index is 12.8. The predicted octanol–water partition coefficient (Wildman–Crippen LogP) is 1.28. The van der Waals surface area contributed by atoms with Gasteiger partial charge in [-0.15, -0.1) is 0 Å². The van der Waals surface area contributed by atoms with E-state index in [4.69, 9.17) is 26.6 Å². The Morgan fingerprint density at radius 2 is 2.19 bits per heavy atom. The fourth-order valence-corrected chi connectivity index (χ4v) is 1.20. The van der Waals surface area contributed by atoms with Crippen LogP contribution in [-0.2, 0) is 9.84 Å². The van der Waals surface area contributed by atoms with Crippen molar-refractivity contribution >= 4 is 11.6 Å². The summed E-state index contributed by atoms with van der Waals surface area (Å²) in [7, 11) is 0. The van der Waals surface area contributed by atoms with Gasteiger partial charge in [-0.25, -0.2) is 4.39 Å². The first-order valence-electron chi connectivity index (χ1n) is 4.56. The first-order valence-corrected chi connectivity index (χ1v) is 4.93. The van der Waals surface area contributed by atoms with E-state index >= 15 is 0 Å². The van der Waals surface area contributed by atoms with Gasteiger partial charge in [0, 0.05) is 5.56 Å². The number of aliphatic hydroxyl groups excluding tert-OH is 2. The maximum absolute atomic E-state index is 12.8. The van der Waals surface area contributed by atoms with Gasteiger partial charge >= 0.3 is 0 Å². The van der Waals surface area contributed by atoms with Crippen molar-refractivity contribution in [1.29, 1.82) is 0 Å². The average Bonchev–Trinajstić information content (AvgIpc) is 2.29. The summed E-state index contributed by atoms with van der Waals surface area (Å²) in [6.07, 6.45) is -2.67. The van der Waals surface area contributed by atoms with Gasteiger partial charge in [-0.05, 0) is 12.1 Å². The van der Waals surface area contributed by atoms with Crippen molar-refractivity contribution in [2.24, 2.45) is 0 Å². The van der Waals surface area contributed by atoms with Gasteiger partial charge in [0.1, 0.15) is 11.9 Å². The van der Waals surface area contributed by atoms with Crippen LogP contribution in [0.5, 0.6) is 0 Å². The second-order valence-corrected chi connectivity index (χ2v) is 3.58. The Balaban J connectivity index is 2.59. The zero-order chi connectivity index (χ0) is 12.1. The summed E-state index contributed by atoms with van der Waals surface area (Å²) in [4.78, 5) is 0. The monoisotopic (exact) mass is 249 g/mol. The van der Waals surface area contributed by atoms with Gasteiger partial charge in [-0.3, -0.25) is 0 Å². The molecular weight excluding hydrogens is 239 g/mol. The Morgan fingerprint density at radius 1 is 1.50 bits per heavy atom. The van der Waals surface area contributed by atoms with E-state index < -0.39 is 24.8 Å². The van der Waals surface area contributed by atoms with Crippen molar-refractivity contribution in [2.75, 3.05) is 13.2 Å². The third kappa shape index (κ3) is 3.70. The molecule has 0 amide bonds. The number of benzene rings is 1. The fraction of sp³-hybridized carbons (Fsp3) is 0.400. The SMILES string of the molecule is [O]C(OCC(O)CO)c1ccc(F)c(Cl)c1. The minimum atomic E-state index is -1.57. The molecule has 0 spiro atoms. The van der Waals surface area contributed by atoms with Crippen LogP contribution in [-0.4, -0.2) is 29.5 Å². The smallest absolute Gasteiger partial charge is 0.217 e. The minimum Gasteiger partial charge on any atom is -0.394 e. The Hall–Kier alpha value is -0.720. The Labute approximate surface area is 96.9 Å². The largest absolute Gasteiger partial charge is 0.394 e. The molecule has 6 heteroatoms. The van der Waals surface area contributed by atoms with Crippen LogP contribution in [0.1, 0.15) is 11.9 Å². The van der Waals surface area contributed by atoms with Crippen LogP contribution in [0.2, 0.25) is 5.02 Å². The highest BCUT2D eigenvalue weighted by atomic mass is 35.5. The third-order valence-electron chi connectivity index (χ3n) is 1.87. The highest BCUT2D eigenvalue weighted by Crippen LogP contribution is 2.22. The lowest BCUT2D eigenvalue weighted by Crippen LogP contribution is -2.20. The third-order valence-corrected chi connectivity index (χ3v) is 2.16. The number of hydrogen-bond acceptors (Lipinski definition) is 3. The van der Waals surface area contributed by atoms with E-state index in [2.05, 4.69) is 0 Å². The molecule has 2 atom stereocenters. The molecule has 0 aliphatic carbocycles. The number of hydrogen-bond donors (Lipinski definition) is 2. The predicted molar refractivity (Wildman–Crippen MR) is 53.9 cm³/mol. The van der Waals surface area contributed by atoms with Gasteiger partial charge in [0.05, 0.1) is 18.2 Å². The quantitative estimate of drug-likeness (QED) is 0.773. The van der Waals surface area contributed by atoms with Crippen molar-refractivity contribution < 1.29 is 24.4 Å². The van der Waals surface area contributed by atoms with E-state index in [0.29, 0.717) is 0 Å². The first kappa shape index (κ1) is 13.3. The highest BCUT2D eigenvalue weighted by Gasteiger charge is 2.14. The van der Waals surface area contributed by atoms with Crippen molar-refractivity contribution in [3.05, 3.63) is 34.6 Å². The number of aliphatic hydroxyl groups is 2. The van der Waals surface area contributed by atoms with Gasteiger partial charge in [-0.2, -0.15) is 5.11 Å². The van der Waals surface area contributed by atoms with E-state index in [1.807, 2.05) is 0 Å². The van der Waals surface area contributed by atoms with Gasteiger partial charge in [0.25, 0.3) is 0 Å². The molecule has 2 N–H and O–H groups in total. The number of halogens is 2. The van der Waals surface area contributed by atoms with E-state index in [9.17, 15) is 9.50 Å². The normalized spacial score (nSPS) is 14.8. The molecular formula is C10H11ClFO4. The molecule has 1 aromatic carbocycles. The topological polar surface area (TPSA) is 69.6 Å². The van der Waals surface area contributed by atoms with Crippen molar-refractivity contribution in [3.8, 4) is 0 Å². The molecule has 0 saturated carbocycles. The number of ether oxygens (including phenoxy) is 1. The molecule has 4 nitrogen and oxygen atoms in total. The second-order valence-electron chi connectivity index (χ2n) is 3.18. The fourth-order valence-electron chi connectivity index (χ4n) is 1.01. The van der Waals surface area contributed by atoms with Crippen molar-refractivity contribution in [2.45, 2.75) is 12.4 Å². The maximum Gasteiger partial charge on any atom is 0.217 e. The second kappa shape index (κ2) is 6.12. The molecule has 0 saturated heterocycles. The van der Waals surface area contributed by atoms with Gasteiger partial charge < -0.3 is 14.9 Å². The van der Waals surface area contributed by atoms with Crippen LogP contribution in [0.25, 0.3) is 0 Å². The lowest BCUT2D eigenvalue weighted by atomic mass is 10.2. The summed E-state index contributed by atoms with van der Waals surface area (Å²) in [5.41, 5.74) is 0.163. The molecule has 0 aliphatic rings. The summed E-state index contributed by atoms with van der Waals surface area (Å²) < 4.78 is 17.5. The Bertz CT molecular complexity index is 348. The van der Waals surface area contributed by atoms with Crippen LogP contribution in [0, 0.1) is 5.82 Å². The van der Waals surface area contributed by atoms with Gasteiger partial charge in [0.15, 0.2) is 0 Å². The van der Waals surface area contributed by atoms with E-state index in [-0.39, 0.29) is 17.2 Å². The summed E-state index contributed by atoms with van der Waals surface area (Å²) in [6, 6.07) is 3.48. The molecule has 89 valence electrons. The van der Waals surface area contributed by atoms with Crippen molar-refractivity contribution in [1.82, 2.24) is 0 Å². The van der Waals surface area contributed by atoms with Gasteiger partial charge in [-0.1, -0.05) is 17.7 Å². The molecule has 1 aromatic rings. The molecule has 1 radical (unpaired) electrons. The standard InChI is InChI=1S/C10H11ClFO4/c11-8-3-6(1-2-9(8)12)10(15)16-5-7(14)4-13/h1-3,7,10,13-14H,4-5H2. The van der Waals surface area contributed by atoms with E-state index in [0.717, 1.165) is 6.07 Å². The molecule has 0 fully saturated rings. The summed E-state index contributed by atoms with van der Waals surface area (Å²) in [5, 5.41) is 28.7. The average molecular weight is 250 g/mol. The summed E-state index contributed by atoms with van der Waals surface area (Å²) >= 11 is 5.49. The zero-order valence-corrected chi connectivity index (χ0v) is 9.02. The van der Waals surface area contributed by atoms with Crippen molar-refractivity contribution in [3.63, 3.8) is 0 Å². The first-order chi connectivity index (χ1) is 7.54. The molecule has 16 heavy (non-hydrogen) atoms. The summed E-state index contributed by atoms with van der Waals surface area (Å²) in [6.45, 7) is -0.781. The molecule has 0 aromatic heterocycles. The Kier molecular flexibility index (Phi) is 5.11. The van der Waals surface area contributed by atoms with Crippen LogP contribution in [0.3, 0.4) is 0 Å². The lowest BCUT2D eigenvalue weighted by molar-refractivity contribution is -0.163. The van der Waals surface area contributed by atoms with E-state index in [1.54, 1.807) is 0 Å². The molecule has 0 heterocycles. The molecule has 0 bridgehead atoms. The van der Waals surface area contributed by atoms with Crippen LogP contribution >= 0.6 is 11.6 Å². The minimum absolute atomic E-state index is 0.162. The van der Waals surface area contributed by atoms with Crippen LogP contribution in [0.15, 0.2) is 18.2 Å². The van der Waals surface area contributed by atoms with E-state index in [1.165, 1.54) is 12.1 Å². The molecule has 0 aliphatic heterocycles. The zero-order valence-electron chi connectivity index (χ0n) is 8.27. The highest BCUT2D eigenvalue weighted by molar-refractivity contribution is 6.30. The Morgan fingerprint density at radius 3 is 2.75 bits per heavy atom. The van der Waals surface area contributed by atoms with Crippen LogP contribution < -0.4 is 0 Å². The number of rotatable bonds is 5. The molecule has 1 rings (SSSR count). The summed E-state index contributed by atoms with van der Waals surface area (Å²) in [5.74, 6) is -0.618. The lowest BCUT2D eigenvalue weighted by Gasteiger charge is -2.13. The molecule has 2 unspecified atom stereocenters.